The zero-order valence-corrected chi connectivity index (χ0v) is 16.9. The average molecular weight is 401 g/mol. The minimum atomic E-state index is -3.00. The van der Waals surface area contributed by atoms with Crippen LogP contribution in [0.15, 0.2) is 30.3 Å². The van der Waals surface area contributed by atoms with Crippen molar-refractivity contribution in [3.8, 4) is 0 Å². The van der Waals surface area contributed by atoms with Gasteiger partial charge in [0, 0.05) is 29.4 Å². The van der Waals surface area contributed by atoms with Gasteiger partial charge in [0.2, 0.25) is 5.91 Å². The maximum absolute atomic E-state index is 12.5. The topological polar surface area (TPSA) is 98.1 Å². The van der Waals surface area contributed by atoms with E-state index in [0.29, 0.717) is 17.7 Å². The second-order valence-electron chi connectivity index (χ2n) is 7.05. The van der Waals surface area contributed by atoms with Gasteiger partial charge in [0.15, 0.2) is 15.6 Å². The largest absolute Gasteiger partial charge is 0.326 e. The number of nitrogens with one attached hydrogen (secondary N) is 1. The normalized spacial score (nSPS) is 18.5. The van der Waals surface area contributed by atoms with E-state index in [2.05, 4.69) is 10.4 Å². The molecule has 0 spiro atoms. The number of hydrogen-bond donors (Lipinski definition) is 1. The van der Waals surface area contributed by atoms with Gasteiger partial charge in [0.25, 0.3) is 0 Å². The van der Waals surface area contributed by atoms with E-state index in [1.165, 1.54) is 13.0 Å². The second-order valence-corrected chi connectivity index (χ2v) is 9.27. The molecule has 0 aliphatic carbocycles. The number of aromatic nitrogens is 2. The second kappa shape index (κ2) is 7.71. The predicted molar refractivity (Wildman–Crippen MR) is 108 cm³/mol. The summed E-state index contributed by atoms with van der Waals surface area (Å²) in [7, 11) is -3.00. The Bertz CT molecular complexity index is 1070. The molecule has 0 radical (unpaired) electrons. The van der Waals surface area contributed by atoms with Gasteiger partial charge in [-0.05, 0) is 44.6 Å². The van der Waals surface area contributed by atoms with Gasteiger partial charge in [0.05, 0.1) is 23.2 Å². The van der Waals surface area contributed by atoms with Gasteiger partial charge in [-0.2, -0.15) is 5.10 Å². The third-order valence-corrected chi connectivity index (χ3v) is 6.55. The fraction of sp³-hybridized carbons (Fsp3) is 0.350. The number of hydrogen-bond acceptors (Lipinski definition) is 5. The fourth-order valence-electron chi connectivity index (χ4n) is 3.45. The van der Waals surface area contributed by atoms with E-state index >= 15 is 0 Å². The van der Waals surface area contributed by atoms with Crippen molar-refractivity contribution in [2.45, 2.75) is 33.2 Å². The van der Waals surface area contributed by atoms with Crippen LogP contribution in [-0.4, -0.2) is 41.4 Å². The van der Waals surface area contributed by atoms with Crippen LogP contribution in [0, 0.1) is 13.8 Å². The first-order chi connectivity index (χ1) is 13.2. The minimum Gasteiger partial charge on any atom is -0.326 e. The Balaban J connectivity index is 1.81. The number of benzene rings is 1. The summed E-state index contributed by atoms with van der Waals surface area (Å²) in [5.41, 5.74) is 3.44. The summed E-state index contributed by atoms with van der Waals surface area (Å²) in [5, 5.41) is 7.15. The monoisotopic (exact) mass is 401 g/mol. The Labute approximate surface area is 164 Å². The molecule has 1 amide bonds. The van der Waals surface area contributed by atoms with Crippen molar-refractivity contribution < 1.29 is 18.0 Å². The van der Waals surface area contributed by atoms with Gasteiger partial charge in [-0.3, -0.25) is 14.3 Å². The van der Waals surface area contributed by atoms with Crippen molar-refractivity contribution in [1.82, 2.24) is 9.78 Å². The summed E-state index contributed by atoms with van der Waals surface area (Å²) in [6.07, 6.45) is 3.74. The van der Waals surface area contributed by atoms with Crippen molar-refractivity contribution in [2.75, 3.05) is 16.8 Å². The molecule has 1 atom stereocenters. The van der Waals surface area contributed by atoms with Crippen molar-refractivity contribution in [3.05, 3.63) is 52.9 Å². The highest BCUT2D eigenvalue weighted by atomic mass is 32.2. The lowest BCUT2D eigenvalue weighted by Gasteiger charge is -2.10. The zero-order valence-electron chi connectivity index (χ0n) is 16.1. The third-order valence-electron chi connectivity index (χ3n) is 4.80. The highest BCUT2D eigenvalue weighted by Gasteiger charge is 2.31. The number of carbonyl (C=O) groups is 2. The number of nitrogens with zero attached hydrogens (tertiary/aromatic N) is 2. The molecule has 2 heterocycles. The Kier molecular flexibility index (Phi) is 5.51. The Morgan fingerprint density at radius 1 is 1.29 bits per heavy atom. The highest BCUT2D eigenvalue weighted by Crippen LogP contribution is 2.27. The van der Waals surface area contributed by atoms with Gasteiger partial charge >= 0.3 is 0 Å². The zero-order chi connectivity index (χ0) is 20.5. The van der Waals surface area contributed by atoms with Crippen molar-refractivity contribution in [2.24, 2.45) is 0 Å². The molecular formula is C20H23N3O4S. The molecule has 1 fully saturated rings. The smallest absolute Gasteiger partial charge is 0.221 e. The first-order valence-corrected chi connectivity index (χ1v) is 10.8. The fourth-order valence-corrected chi connectivity index (χ4v) is 5.14. The maximum atomic E-state index is 12.5. The van der Waals surface area contributed by atoms with Crippen LogP contribution in [0.25, 0.3) is 6.08 Å². The van der Waals surface area contributed by atoms with Crippen LogP contribution in [0.3, 0.4) is 0 Å². The molecule has 8 heteroatoms. The van der Waals surface area contributed by atoms with Gasteiger partial charge in [0.1, 0.15) is 0 Å². The van der Waals surface area contributed by atoms with Gasteiger partial charge in [-0.15, -0.1) is 0 Å². The van der Waals surface area contributed by atoms with Crippen LogP contribution in [0.4, 0.5) is 5.69 Å². The summed E-state index contributed by atoms with van der Waals surface area (Å²) in [6.45, 7) is 5.13. The maximum Gasteiger partial charge on any atom is 0.221 e. The molecule has 1 aliphatic rings. The van der Waals surface area contributed by atoms with E-state index in [0.717, 1.165) is 17.0 Å². The summed E-state index contributed by atoms with van der Waals surface area (Å²) in [4.78, 5) is 23.7. The Morgan fingerprint density at radius 2 is 2.04 bits per heavy atom. The molecule has 1 aromatic heterocycles. The number of carbonyl (C=O) groups excluding carboxylic acids is 2. The first kappa shape index (κ1) is 20.0. The molecule has 7 nitrogen and oxygen atoms in total. The minimum absolute atomic E-state index is 0.104. The van der Waals surface area contributed by atoms with Gasteiger partial charge in [-0.1, -0.05) is 12.1 Å². The molecule has 1 aliphatic heterocycles. The molecule has 28 heavy (non-hydrogen) atoms. The molecule has 0 unspecified atom stereocenters. The van der Waals surface area contributed by atoms with E-state index in [1.54, 1.807) is 35.0 Å². The summed E-state index contributed by atoms with van der Waals surface area (Å²) >= 11 is 0. The summed E-state index contributed by atoms with van der Waals surface area (Å²) in [5.74, 6) is -0.105. The number of ketones is 1. The lowest BCUT2D eigenvalue weighted by atomic mass is 10.1. The predicted octanol–water partition coefficient (Wildman–Crippen LogP) is 2.71. The molecule has 1 N–H and O–H groups in total. The third kappa shape index (κ3) is 4.39. The Hall–Kier alpha value is -2.74. The van der Waals surface area contributed by atoms with Crippen LogP contribution >= 0.6 is 0 Å². The van der Waals surface area contributed by atoms with Crippen molar-refractivity contribution >= 4 is 33.3 Å². The van der Waals surface area contributed by atoms with E-state index in [-0.39, 0.29) is 29.2 Å². The van der Waals surface area contributed by atoms with E-state index in [1.807, 2.05) is 13.8 Å². The summed E-state index contributed by atoms with van der Waals surface area (Å²) in [6, 6.07) is 6.58. The average Bonchev–Trinajstić information content (AvgIpc) is 3.11. The summed E-state index contributed by atoms with van der Waals surface area (Å²) < 4.78 is 25.3. The molecule has 3 rings (SSSR count). The molecule has 1 saturated heterocycles. The number of rotatable bonds is 5. The highest BCUT2D eigenvalue weighted by molar-refractivity contribution is 7.91. The SMILES string of the molecule is CC(=O)Nc1cccc(C(=O)/C=C/c2c(C)nn([C@@H]3CCS(=O)(=O)C3)c2C)c1. The van der Waals surface area contributed by atoms with Crippen LogP contribution in [-0.2, 0) is 14.6 Å². The number of aryl methyl sites for hydroxylation is 1. The van der Waals surface area contributed by atoms with Crippen LogP contribution < -0.4 is 5.32 Å². The lowest BCUT2D eigenvalue weighted by molar-refractivity contribution is -0.114. The van der Waals surface area contributed by atoms with Crippen molar-refractivity contribution in [1.29, 1.82) is 0 Å². The van der Waals surface area contributed by atoms with Crippen LogP contribution in [0.5, 0.6) is 0 Å². The molecule has 2 aromatic rings. The quantitative estimate of drug-likeness (QED) is 0.614. The van der Waals surface area contributed by atoms with E-state index in [4.69, 9.17) is 0 Å². The molecule has 0 saturated carbocycles. The molecule has 148 valence electrons. The number of allylic oxidation sites excluding steroid dienone is 1. The molecular weight excluding hydrogens is 378 g/mol. The number of anilines is 1. The van der Waals surface area contributed by atoms with Crippen LogP contribution in [0.2, 0.25) is 0 Å². The van der Waals surface area contributed by atoms with Crippen LogP contribution in [0.1, 0.15) is 46.7 Å². The van der Waals surface area contributed by atoms with E-state index < -0.39 is 9.84 Å². The Morgan fingerprint density at radius 3 is 2.68 bits per heavy atom. The first-order valence-electron chi connectivity index (χ1n) is 9.02. The van der Waals surface area contributed by atoms with Gasteiger partial charge in [-0.25, -0.2) is 8.42 Å². The van der Waals surface area contributed by atoms with E-state index in [9.17, 15) is 18.0 Å². The number of sulfone groups is 1. The standard InChI is InChI=1S/C20H23N3O4S/c1-13-19(14(2)23(22-13)18-9-10-28(26,27)12-18)7-8-20(25)16-5-4-6-17(11-16)21-15(3)24/h4-8,11,18H,9-10,12H2,1-3H3,(H,21,24)/b8-7+/t18-/m1/s1. The molecule has 1 aromatic carbocycles. The number of amides is 1. The van der Waals surface area contributed by atoms with Gasteiger partial charge < -0.3 is 5.32 Å². The molecule has 0 bridgehead atoms. The van der Waals surface area contributed by atoms with Crippen molar-refractivity contribution in [3.63, 3.8) is 0 Å². The lowest BCUT2D eigenvalue weighted by Crippen LogP contribution is -2.13.